The van der Waals surface area contributed by atoms with E-state index < -0.39 is 0 Å². The maximum atomic E-state index is 5.96. The normalized spacial score (nSPS) is 10.9. The summed E-state index contributed by atoms with van der Waals surface area (Å²) in [5, 5.41) is 1.78. The molecular weight excluding hydrogens is 250 g/mol. The third-order valence-electron chi connectivity index (χ3n) is 2.61. The van der Waals surface area contributed by atoms with E-state index in [2.05, 4.69) is 36.2 Å². The summed E-state index contributed by atoms with van der Waals surface area (Å²) in [6.07, 6.45) is 0. The van der Waals surface area contributed by atoms with Crippen molar-refractivity contribution >= 4 is 33.2 Å². The van der Waals surface area contributed by atoms with Crippen molar-refractivity contribution in [1.82, 2.24) is 4.98 Å². The molecule has 17 heavy (non-hydrogen) atoms. The number of hydrogen-bond donors (Lipinski definition) is 0. The van der Waals surface area contributed by atoms with Crippen LogP contribution in [0.3, 0.4) is 0 Å². The summed E-state index contributed by atoms with van der Waals surface area (Å²) in [7, 11) is 0. The van der Waals surface area contributed by atoms with Gasteiger partial charge in [-0.05, 0) is 31.2 Å². The van der Waals surface area contributed by atoms with Crippen LogP contribution in [0.4, 0.5) is 0 Å². The Bertz CT molecular complexity index is 688. The number of aromatic nitrogens is 1. The molecule has 0 fully saturated rings. The van der Waals surface area contributed by atoms with Gasteiger partial charge in [-0.25, -0.2) is 4.98 Å². The van der Waals surface area contributed by atoms with E-state index in [0.717, 1.165) is 15.5 Å². The third kappa shape index (κ3) is 2.06. The van der Waals surface area contributed by atoms with E-state index >= 15 is 0 Å². The Labute approximate surface area is 109 Å². The molecule has 3 heteroatoms. The van der Waals surface area contributed by atoms with Crippen LogP contribution in [-0.2, 0) is 0 Å². The highest BCUT2D eigenvalue weighted by atomic mass is 35.5. The van der Waals surface area contributed by atoms with Crippen LogP contribution < -0.4 is 0 Å². The highest BCUT2D eigenvalue weighted by Gasteiger charge is 2.06. The molecule has 0 saturated heterocycles. The minimum absolute atomic E-state index is 0.735. The fourth-order valence-corrected chi connectivity index (χ4v) is 2.91. The van der Waals surface area contributed by atoms with Gasteiger partial charge in [-0.3, -0.25) is 0 Å². The zero-order chi connectivity index (χ0) is 11.8. The van der Waals surface area contributed by atoms with Crippen molar-refractivity contribution in [2.75, 3.05) is 0 Å². The molecule has 1 heterocycles. The average Bonchev–Trinajstić information content (AvgIpc) is 2.72. The quantitative estimate of drug-likeness (QED) is 0.604. The second-order valence-electron chi connectivity index (χ2n) is 4.00. The van der Waals surface area contributed by atoms with Crippen LogP contribution in [0, 0.1) is 6.92 Å². The van der Waals surface area contributed by atoms with Gasteiger partial charge in [0.25, 0.3) is 0 Å². The lowest BCUT2D eigenvalue weighted by atomic mass is 10.1. The van der Waals surface area contributed by atoms with Crippen LogP contribution >= 0.6 is 22.9 Å². The topological polar surface area (TPSA) is 12.9 Å². The van der Waals surface area contributed by atoms with E-state index in [-0.39, 0.29) is 0 Å². The van der Waals surface area contributed by atoms with E-state index in [1.54, 1.807) is 11.3 Å². The predicted molar refractivity (Wildman–Crippen MR) is 74.8 cm³/mol. The molecule has 2 aromatic carbocycles. The zero-order valence-electron chi connectivity index (χ0n) is 9.27. The summed E-state index contributed by atoms with van der Waals surface area (Å²) >= 11 is 7.66. The van der Waals surface area contributed by atoms with Gasteiger partial charge in [0.2, 0.25) is 0 Å². The maximum absolute atomic E-state index is 5.96. The Hall–Kier alpha value is -1.38. The summed E-state index contributed by atoms with van der Waals surface area (Å²) in [5.74, 6) is 0. The van der Waals surface area contributed by atoms with E-state index in [1.807, 2.05) is 18.2 Å². The van der Waals surface area contributed by atoms with Gasteiger partial charge in [-0.15, -0.1) is 11.3 Å². The lowest BCUT2D eigenvalue weighted by Crippen LogP contribution is -1.77. The second kappa shape index (κ2) is 4.13. The molecule has 0 spiro atoms. The van der Waals surface area contributed by atoms with Gasteiger partial charge in [0.1, 0.15) is 5.01 Å². The van der Waals surface area contributed by atoms with E-state index in [1.165, 1.54) is 15.8 Å². The number of thiazole rings is 1. The Morgan fingerprint density at radius 1 is 1.12 bits per heavy atom. The van der Waals surface area contributed by atoms with Crippen molar-refractivity contribution in [2.45, 2.75) is 6.92 Å². The van der Waals surface area contributed by atoms with E-state index in [0.29, 0.717) is 0 Å². The summed E-state index contributed by atoms with van der Waals surface area (Å²) < 4.78 is 1.17. The summed E-state index contributed by atoms with van der Waals surface area (Å²) in [4.78, 5) is 4.62. The molecule has 0 saturated carbocycles. The van der Waals surface area contributed by atoms with Gasteiger partial charge in [-0.1, -0.05) is 35.4 Å². The number of benzene rings is 2. The number of rotatable bonds is 1. The first-order valence-electron chi connectivity index (χ1n) is 5.35. The zero-order valence-corrected chi connectivity index (χ0v) is 10.8. The molecule has 0 radical (unpaired) electrons. The standard InChI is InChI=1S/C14H10ClNS/c1-9-3-2-4-10(7-9)14-16-12-8-11(15)5-6-13(12)17-14/h2-8H,1H3. The molecule has 84 valence electrons. The van der Waals surface area contributed by atoms with Gasteiger partial charge in [0.05, 0.1) is 10.2 Å². The maximum Gasteiger partial charge on any atom is 0.124 e. The highest BCUT2D eigenvalue weighted by molar-refractivity contribution is 7.21. The van der Waals surface area contributed by atoms with Gasteiger partial charge in [-0.2, -0.15) is 0 Å². The van der Waals surface area contributed by atoms with Gasteiger partial charge < -0.3 is 0 Å². The van der Waals surface area contributed by atoms with Crippen molar-refractivity contribution in [3.8, 4) is 10.6 Å². The predicted octanol–water partition coefficient (Wildman–Crippen LogP) is 4.93. The third-order valence-corrected chi connectivity index (χ3v) is 3.94. The molecule has 0 bridgehead atoms. The second-order valence-corrected chi connectivity index (χ2v) is 5.47. The fourth-order valence-electron chi connectivity index (χ4n) is 1.80. The average molecular weight is 260 g/mol. The molecule has 1 nitrogen and oxygen atoms in total. The largest absolute Gasteiger partial charge is 0.236 e. The van der Waals surface area contributed by atoms with Crippen molar-refractivity contribution in [1.29, 1.82) is 0 Å². The van der Waals surface area contributed by atoms with Crippen LogP contribution in [0.15, 0.2) is 42.5 Å². The first kappa shape index (κ1) is 10.8. The monoisotopic (exact) mass is 259 g/mol. The van der Waals surface area contributed by atoms with Gasteiger partial charge in [0.15, 0.2) is 0 Å². The smallest absolute Gasteiger partial charge is 0.124 e. The minimum Gasteiger partial charge on any atom is -0.236 e. The molecular formula is C14H10ClNS. The van der Waals surface area contributed by atoms with Crippen molar-refractivity contribution in [3.63, 3.8) is 0 Å². The molecule has 0 aliphatic heterocycles. The number of fused-ring (bicyclic) bond motifs is 1. The van der Waals surface area contributed by atoms with Crippen LogP contribution in [0.5, 0.6) is 0 Å². The molecule has 0 unspecified atom stereocenters. The first-order valence-corrected chi connectivity index (χ1v) is 6.55. The van der Waals surface area contributed by atoms with Crippen LogP contribution in [-0.4, -0.2) is 4.98 Å². The van der Waals surface area contributed by atoms with Gasteiger partial charge >= 0.3 is 0 Å². The Morgan fingerprint density at radius 2 is 2.00 bits per heavy atom. The molecule has 0 N–H and O–H groups in total. The van der Waals surface area contributed by atoms with Crippen LogP contribution in [0.2, 0.25) is 5.02 Å². The summed E-state index contributed by atoms with van der Waals surface area (Å²) in [6, 6.07) is 14.2. The minimum atomic E-state index is 0.735. The number of nitrogens with zero attached hydrogens (tertiary/aromatic N) is 1. The first-order chi connectivity index (χ1) is 8.22. The van der Waals surface area contributed by atoms with E-state index in [4.69, 9.17) is 11.6 Å². The van der Waals surface area contributed by atoms with Crippen LogP contribution in [0.25, 0.3) is 20.8 Å². The molecule has 1 aromatic heterocycles. The molecule has 0 amide bonds. The molecule has 3 rings (SSSR count). The van der Waals surface area contributed by atoms with Crippen LogP contribution in [0.1, 0.15) is 5.56 Å². The number of halogens is 1. The van der Waals surface area contributed by atoms with Crippen molar-refractivity contribution in [3.05, 3.63) is 53.1 Å². The summed E-state index contributed by atoms with van der Waals surface area (Å²) in [6.45, 7) is 2.09. The Balaban J connectivity index is 2.18. The van der Waals surface area contributed by atoms with Crippen molar-refractivity contribution < 1.29 is 0 Å². The molecule has 0 aliphatic rings. The fraction of sp³-hybridized carbons (Fsp3) is 0.0714. The molecule has 0 aliphatic carbocycles. The van der Waals surface area contributed by atoms with Gasteiger partial charge in [0, 0.05) is 10.6 Å². The number of aryl methyl sites for hydroxylation is 1. The number of hydrogen-bond acceptors (Lipinski definition) is 2. The summed E-state index contributed by atoms with van der Waals surface area (Å²) in [5.41, 5.74) is 3.39. The molecule has 0 atom stereocenters. The van der Waals surface area contributed by atoms with E-state index in [9.17, 15) is 0 Å². The lowest BCUT2D eigenvalue weighted by Gasteiger charge is -1.96. The highest BCUT2D eigenvalue weighted by Crippen LogP contribution is 2.31. The SMILES string of the molecule is Cc1cccc(-c2nc3cc(Cl)ccc3s2)c1. The van der Waals surface area contributed by atoms with Crippen molar-refractivity contribution in [2.24, 2.45) is 0 Å². The molecule has 3 aromatic rings. The lowest BCUT2D eigenvalue weighted by molar-refractivity contribution is 1.43. The Morgan fingerprint density at radius 3 is 2.82 bits per heavy atom. The Kier molecular flexibility index (Phi) is 2.61.